The molecule has 1 aliphatic heterocycles. The van der Waals surface area contributed by atoms with Crippen LogP contribution in [0.5, 0.6) is 5.75 Å². The third-order valence-corrected chi connectivity index (χ3v) is 6.83. The number of likely N-dealkylation sites (N-methyl/N-ethyl adjacent to an activating group) is 1. The molecule has 1 saturated heterocycles. The molecule has 0 radical (unpaired) electrons. The van der Waals surface area contributed by atoms with Crippen molar-refractivity contribution >= 4 is 21.6 Å². The van der Waals surface area contributed by atoms with E-state index in [2.05, 4.69) is 17.1 Å². The Balaban J connectivity index is 1.56. The van der Waals surface area contributed by atoms with Gasteiger partial charge in [0.1, 0.15) is 5.75 Å². The van der Waals surface area contributed by atoms with E-state index < -0.39 is 10.0 Å². The molecule has 1 amide bonds. The third-order valence-electron chi connectivity index (χ3n) is 4.91. The number of nitrogens with zero attached hydrogens (tertiary/aromatic N) is 2. The lowest BCUT2D eigenvalue weighted by atomic mass is 10.2. The van der Waals surface area contributed by atoms with E-state index in [0.29, 0.717) is 37.6 Å². The van der Waals surface area contributed by atoms with Crippen molar-refractivity contribution in [3.05, 3.63) is 54.1 Å². The smallest absolute Gasteiger partial charge is 0.262 e. The van der Waals surface area contributed by atoms with Gasteiger partial charge >= 0.3 is 0 Å². The molecule has 0 bridgehead atoms. The van der Waals surface area contributed by atoms with Crippen LogP contribution in [0, 0.1) is 0 Å². The maximum Gasteiger partial charge on any atom is 0.262 e. The van der Waals surface area contributed by atoms with Crippen LogP contribution < -0.4 is 10.1 Å². The number of nitrogens with one attached hydrogen (secondary N) is 1. The lowest BCUT2D eigenvalue weighted by molar-refractivity contribution is -0.118. The van der Waals surface area contributed by atoms with Gasteiger partial charge in [0.2, 0.25) is 10.0 Å². The Morgan fingerprint density at radius 3 is 2.41 bits per heavy atom. The fraction of sp³-hybridized carbons (Fsp3) is 0.381. The standard InChI is InChI=1S/C21H27N3O4S/c1-3-17-5-4-6-19(15-17)28-16-21(25)22-18-7-9-20(10-8-18)29(26,27)24-13-11-23(2)12-14-24/h4-10,15H,3,11-14,16H2,1-2H3,(H,22,25). The number of aryl methyl sites for hydroxylation is 1. The first-order chi connectivity index (χ1) is 13.9. The zero-order valence-corrected chi connectivity index (χ0v) is 17.6. The minimum atomic E-state index is -3.51. The van der Waals surface area contributed by atoms with Crippen LogP contribution in [-0.4, -0.2) is 63.4 Å². The zero-order valence-electron chi connectivity index (χ0n) is 16.8. The monoisotopic (exact) mass is 417 g/mol. The Bertz CT molecular complexity index is 937. The van der Waals surface area contributed by atoms with E-state index in [0.717, 1.165) is 12.0 Å². The summed E-state index contributed by atoms with van der Waals surface area (Å²) in [5.41, 5.74) is 1.67. The van der Waals surface area contributed by atoms with Gasteiger partial charge in [0.15, 0.2) is 6.61 Å². The number of sulfonamides is 1. The van der Waals surface area contributed by atoms with Gasteiger partial charge in [-0.25, -0.2) is 8.42 Å². The first-order valence-electron chi connectivity index (χ1n) is 9.69. The normalized spacial score (nSPS) is 15.8. The van der Waals surface area contributed by atoms with Crippen LogP contribution in [0.2, 0.25) is 0 Å². The summed E-state index contributed by atoms with van der Waals surface area (Å²) < 4.78 is 32.5. The zero-order chi connectivity index (χ0) is 20.9. The van der Waals surface area contributed by atoms with E-state index in [-0.39, 0.29) is 17.4 Å². The highest BCUT2D eigenvalue weighted by Crippen LogP contribution is 2.20. The molecular formula is C21H27N3O4S. The second kappa shape index (κ2) is 9.39. The summed E-state index contributed by atoms with van der Waals surface area (Å²) in [6.07, 6.45) is 0.896. The lowest BCUT2D eigenvalue weighted by Gasteiger charge is -2.31. The number of amides is 1. The molecule has 1 fully saturated rings. The van der Waals surface area contributed by atoms with Crippen molar-refractivity contribution in [3.63, 3.8) is 0 Å². The SMILES string of the molecule is CCc1cccc(OCC(=O)Nc2ccc(S(=O)(=O)N3CCN(C)CC3)cc2)c1. The van der Waals surface area contributed by atoms with E-state index in [4.69, 9.17) is 4.74 Å². The Kier molecular flexibility index (Phi) is 6.89. The van der Waals surface area contributed by atoms with Gasteiger partial charge in [0.25, 0.3) is 5.91 Å². The highest BCUT2D eigenvalue weighted by atomic mass is 32.2. The largest absolute Gasteiger partial charge is 0.484 e. The summed E-state index contributed by atoms with van der Waals surface area (Å²) in [6.45, 7) is 4.33. The van der Waals surface area contributed by atoms with Crippen molar-refractivity contribution in [1.29, 1.82) is 0 Å². The molecule has 156 valence electrons. The summed E-state index contributed by atoms with van der Waals surface area (Å²) in [5, 5.41) is 2.73. The number of carbonyl (C=O) groups is 1. The van der Waals surface area contributed by atoms with Gasteiger partial charge in [-0.1, -0.05) is 19.1 Å². The predicted octanol–water partition coefficient (Wildman–Crippen LogP) is 2.20. The quantitative estimate of drug-likeness (QED) is 0.747. The molecule has 1 heterocycles. The number of carbonyl (C=O) groups excluding carboxylic acids is 1. The van der Waals surface area contributed by atoms with Crippen molar-refractivity contribution in [3.8, 4) is 5.75 Å². The summed E-state index contributed by atoms with van der Waals surface area (Å²) in [7, 11) is -1.54. The molecule has 29 heavy (non-hydrogen) atoms. The number of anilines is 1. The Morgan fingerprint density at radius 1 is 1.07 bits per heavy atom. The molecule has 1 aliphatic rings. The van der Waals surface area contributed by atoms with Crippen LogP contribution in [0.25, 0.3) is 0 Å². The number of hydrogen-bond donors (Lipinski definition) is 1. The number of benzene rings is 2. The van der Waals surface area contributed by atoms with Crippen molar-refractivity contribution in [2.45, 2.75) is 18.2 Å². The van der Waals surface area contributed by atoms with Crippen LogP contribution in [0.4, 0.5) is 5.69 Å². The van der Waals surface area contributed by atoms with Gasteiger partial charge in [0.05, 0.1) is 4.90 Å². The molecule has 0 aliphatic carbocycles. The molecule has 2 aromatic rings. The number of ether oxygens (including phenoxy) is 1. The fourth-order valence-electron chi connectivity index (χ4n) is 3.09. The van der Waals surface area contributed by atoms with Crippen LogP contribution in [0.1, 0.15) is 12.5 Å². The molecule has 0 saturated carbocycles. The summed E-state index contributed by atoms with van der Waals surface area (Å²) in [6, 6.07) is 13.9. The van der Waals surface area contributed by atoms with E-state index >= 15 is 0 Å². The van der Waals surface area contributed by atoms with Crippen LogP contribution in [0.15, 0.2) is 53.4 Å². The van der Waals surface area contributed by atoms with Gasteiger partial charge < -0.3 is 15.0 Å². The van der Waals surface area contributed by atoms with Crippen molar-refractivity contribution in [2.24, 2.45) is 0 Å². The first-order valence-corrected chi connectivity index (χ1v) is 11.1. The molecule has 7 nitrogen and oxygen atoms in total. The molecule has 8 heteroatoms. The third kappa shape index (κ3) is 5.56. The highest BCUT2D eigenvalue weighted by molar-refractivity contribution is 7.89. The van der Waals surface area contributed by atoms with Crippen molar-refractivity contribution < 1.29 is 17.9 Å². The van der Waals surface area contributed by atoms with Gasteiger partial charge in [-0.3, -0.25) is 4.79 Å². The maximum atomic E-state index is 12.7. The summed E-state index contributed by atoms with van der Waals surface area (Å²) in [5.74, 6) is 0.342. The fourth-order valence-corrected chi connectivity index (χ4v) is 4.51. The topological polar surface area (TPSA) is 78.9 Å². The minimum Gasteiger partial charge on any atom is -0.484 e. The first kappa shape index (κ1) is 21.3. The average molecular weight is 418 g/mol. The Hall–Kier alpha value is -2.42. The van der Waals surface area contributed by atoms with Crippen molar-refractivity contribution in [1.82, 2.24) is 9.21 Å². The Labute approximate surface area is 172 Å². The van der Waals surface area contributed by atoms with Gasteiger partial charge in [-0.05, 0) is 55.4 Å². The lowest BCUT2D eigenvalue weighted by Crippen LogP contribution is -2.46. The second-order valence-corrected chi connectivity index (χ2v) is 9.01. The number of piperazine rings is 1. The number of rotatable bonds is 7. The van der Waals surface area contributed by atoms with Crippen LogP contribution in [0.3, 0.4) is 0 Å². The van der Waals surface area contributed by atoms with Gasteiger partial charge in [0, 0.05) is 31.9 Å². The predicted molar refractivity (Wildman–Crippen MR) is 113 cm³/mol. The highest BCUT2D eigenvalue weighted by Gasteiger charge is 2.27. The summed E-state index contributed by atoms with van der Waals surface area (Å²) >= 11 is 0. The maximum absolute atomic E-state index is 12.7. The molecule has 0 spiro atoms. The van der Waals surface area contributed by atoms with Gasteiger partial charge in [-0.15, -0.1) is 0 Å². The van der Waals surface area contributed by atoms with E-state index in [1.165, 1.54) is 16.4 Å². The van der Waals surface area contributed by atoms with Crippen molar-refractivity contribution in [2.75, 3.05) is 45.2 Å². The molecule has 0 unspecified atom stereocenters. The Morgan fingerprint density at radius 2 is 1.76 bits per heavy atom. The number of hydrogen-bond acceptors (Lipinski definition) is 5. The average Bonchev–Trinajstić information content (AvgIpc) is 2.73. The molecule has 0 aromatic heterocycles. The molecule has 1 N–H and O–H groups in total. The molecular weight excluding hydrogens is 390 g/mol. The molecule has 3 rings (SSSR count). The summed E-state index contributed by atoms with van der Waals surface area (Å²) in [4.78, 5) is 14.5. The van der Waals surface area contributed by atoms with E-state index in [1.54, 1.807) is 12.1 Å². The minimum absolute atomic E-state index is 0.117. The van der Waals surface area contributed by atoms with Gasteiger partial charge in [-0.2, -0.15) is 4.31 Å². The van der Waals surface area contributed by atoms with E-state index in [9.17, 15) is 13.2 Å². The molecule has 2 aromatic carbocycles. The van der Waals surface area contributed by atoms with Crippen LogP contribution in [-0.2, 0) is 21.2 Å². The second-order valence-electron chi connectivity index (χ2n) is 7.07. The van der Waals surface area contributed by atoms with Crippen LogP contribution >= 0.6 is 0 Å². The van der Waals surface area contributed by atoms with E-state index in [1.807, 2.05) is 31.3 Å². The molecule has 0 atom stereocenters.